The summed E-state index contributed by atoms with van der Waals surface area (Å²) in [6.07, 6.45) is 0.752. The minimum absolute atomic E-state index is 0.601. The maximum Gasteiger partial charge on any atom is 0.226 e. The van der Waals surface area contributed by atoms with Gasteiger partial charge in [0.25, 0.3) is 0 Å². The van der Waals surface area contributed by atoms with Crippen LogP contribution >= 0.6 is 11.8 Å². The Morgan fingerprint density at radius 2 is 2.15 bits per heavy atom. The van der Waals surface area contributed by atoms with Crippen LogP contribution in [0.2, 0.25) is 0 Å². The number of nitrogens with zero attached hydrogens (tertiary/aromatic N) is 3. The fourth-order valence-electron chi connectivity index (χ4n) is 1.78. The van der Waals surface area contributed by atoms with Crippen LogP contribution in [0.5, 0.6) is 5.75 Å². The number of aromatic nitrogens is 4. The highest BCUT2D eigenvalue weighted by Crippen LogP contribution is 2.25. The number of benzene rings is 1. The highest BCUT2D eigenvalue weighted by molar-refractivity contribution is 7.98. The van der Waals surface area contributed by atoms with Crippen molar-refractivity contribution in [1.82, 2.24) is 20.2 Å². The highest BCUT2D eigenvalue weighted by atomic mass is 32.2. The van der Waals surface area contributed by atoms with Crippen molar-refractivity contribution in [2.75, 3.05) is 7.11 Å². The van der Waals surface area contributed by atoms with Crippen molar-refractivity contribution in [2.24, 2.45) is 0 Å². The Morgan fingerprint density at radius 3 is 2.90 bits per heavy atom. The number of H-pyrrole nitrogens is 1. The maximum atomic E-state index is 5.46. The largest absolute Gasteiger partial charge is 0.497 e. The molecule has 0 aliphatic rings. The molecule has 20 heavy (non-hydrogen) atoms. The summed E-state index contributed by atoms with van der Waals surface area (Å²) in [5.41, 5.74) is 1.86. The Morgan fingerprint density at radius 1 is 1.30 bits per heavy atom. The van der Waals surface area contributed by atoms with Crippen molar-refractivity contribution < 1.29 is 9.15 Å². The van der Waals surface area contributed by atoms with Gasteiger partial charge in [-0.1, -0.05) is 18.7 Å². The monoisotopic (exact) mass is 290 g/mol. The van der Waals surface area contributed by atoms with E-state index in [0.29, 0.717) is 17.5 Å². The number of thioether (sulfide) groups is 1. The van der Waals surface area contributed by atoms with E-state index in [1.807, 2.05) is 25.1 Å². The Kier molecular flexibility index (Phi) is 3.60. The van der Waals surface area contributed by atoms with Crippen LogP contribution in [-0.2, 0) is 12.2 Å². The molecule has 104 valence electrons. The van der Waals surface area contributed by atoms with Crippen LogP contribution in [0.15, 0.2) is 27.8 Å². The molecule has 0 amide bonds. The van der Waals surface area contributed by atoms with Crippen LogP contribution in [0, 0.1) is 0 Å². The zero-order chi connectivity index (χ0) is 13.9. The molecule has 0 saturated heterocycles. The lowest BCUT2D eigenvalue weighted by Crippen LogP contribution is -1.81. The lowest BCUT2D eigenvalue weighted by molar-refractivity contribution is 0.415. The lowest BCUT2D eigenvalue weighted by atomic mass is 10.3. The second-order valence-electron chi connectivity index (χ2n) is 4.16. The summed E-state index contributed by atoms with van der Waals surface area (Å²) in [7, 11) is 1.65. The van der Waals surface area contributed by atoms with E-state index in [1.165, 1.54) is 11.8 Å². The van der Waals surface area contributed by atoms with Gasteiger partial charge in [-0.3, -0.25) is 0 Å². The van der Waals surface area contributed by atoms with Crippen molar-refractivity contribution in [3.63, 3.8) is 0 Å². The predicted octanol–water partition coefficient (Wildman–Crippen LogP) is 2.81. The summed E-state index contributed by atoms with van der Waals surface area (Å²) in [5.74, 6) is 2.69. The molecular weight excluding hydrogens is 276 g/mol. The lowest BCUT2D eigenvalue weighted by Gasteiger charge is -1.96. The third-order valence-corrected chi connectivity index (χ3v) is 3.67. The molecule has 0 atom stereocenters. The Hall–Kier alpha value is -2.02. The SMILES string of the molecule is CCc1nnc(CSc2nc3ccc(OC)cc3[nH]2)o1. The maximum absolute atomic E-state index is 5.46. The first-order valence-electron chi connectivity index (χ1n) is 6.26. The number of hydrogen-bond donors (Lipinski definition) is 1. The van der Waals surface area contributed by atoms with E-state index in [1.54, 1.807) is 7.11 Å². The highest BCUT2D eigenvalue weighted by Gasteiger charge is 2.08. The van der Waals surface area contributed by atoms with E-state index < -0.39 is 0 Å². The average molecular weight is 290 g/mol. The number of nitrogens with one attached hydrogen (secondary N) is 1. The van der Waals surface area contributed by atoms with Gasteiger partial charge in [0.2, 0.25) is 11.8 Å². The Labute approximate surface area is 119 Å². The first kappa shape index (κ1) is 13.0. The molecule has 1 aromatic carbocycles. The van der Waals surface area contributed by atoms with Crippen molar-refractivity contribution >= 4 is 22.8 Å². The molecule has 6 nitrogen and oxygen atoms in total. The first-order chi connectivity index (χ1) is 9.78. The van der Waals surface area contributed by atoms with E-state index in [9.17, 15) is 0 Å². The molecule has 0 saturated carbocycles. The van der Waals surface area contributed by atoms with Crippen molar-refractivity contribution in [1.29, 1.82) is 0 Å². The van der Waals surface area contributed by atoms with Gasteiger partial charge < -0.3 is 14.1 Å². The number of methoxy groups -OCH3 is 1. The molecule has 0 radical (unpaired) electrons. The normalized spacial score (nSPS) is 11.1. The van der Waals surface area contributed by atoms with Crippen molar-refractivity contribution in [3.05, 3.63) is 30.0 Å². The summed E-state index contributed by atoms with van der Waals surface area (Å²) >= 11 is 1.53. The van der Waals surface area contributed by atoms with Gasteiger partial charge in [-0.25, -0.2) is 4.98 Å². The van der Waals surface area contributed by atoms with Gasteiger partial charge in [0.15, 0.2) is 5.16 Å². The molecule has 1 N–H and O–H groups in total. The Bertz CT molecular complexity index is 722. The van der Waals surface area contributed by atoms with E-state index in [2.05, 4.69) is 20.2 Å². The number of ether oxygens (including phenoxy) is 1. The van der Waals surface area contributed by atoms with Crippen LogP contribution in [0.1, 0.15) is 18.7 Å². The van der Waals surface area contributed by atoms with Crippen LogP contribution in [0.3, 0.4) is 0 Å². The van der Waals surface area contributed by atoms with Gasteiger partial charge in [-0.2, -0.15) is 0 Å². The average Bonchev–Trinajstić information content (AvgIpc) is 3.10. The molecule has 2 aromatic heterocycles. The third-order valence-electron chi connectivity index (χ3n) is 2.81. The van der Waals surface area contributed by atoms with Crippen LogP contribution in [0.25, 0.3) is 11.0 Å². The fourth-order valence-corrected chi connectivity index (χ4v) is 2.50. The first-order valence-corrected chi connectivity index (χ1v) is 7.25. The number of aromatic amines is 1. The molecule has 0 bridgehead atoms. The van der Waals surface area contributed by atoms with Crippen LogP contribution in [-0.4, -0.2) is 27.3 Å². The van der Waals surface area contributed by atoms with Gasteiger partial charge in [0.05, 0.1) is 23.9 Å². The summed E-state index contributed by atoms with van der Waals surface area (Å²) in [6, 6.07) is 5.74. The van der Waals surface area contributed by atoms with E-state index in [4.69, 9.17) is 9.15 Å². The smallest absolute Gasteiger partial charge is 0.226 e. The zero-order valence-corrected chi connectivity index (χ0v) is 12.0. The molecule has 0 aliphatic carbocycles. The summed E-state index contributed by atoms with van der Waals surface area (Å²) < 4.78 is 10.6. The Balaban J connectivity index is 1.73. The number of aryl methyl sites for hydroxylation is 1. The quantitative estimate of drug-likeness (QED) is 0.728. The molecule has 7 heteroatoms. The van der Waals surface area contributed by atoms with E-state index in [0.717, 1.165) is 28.4 Å². The minimum atomic E-state index is 0.601. The van der Waals surface area contributed by atoms with Crippen LogP contribution in [0.4, 0.5) is 0 Å². The second-order valence-corrected chi connectivity index (χ2v) is 5.12. The van der Waals surface area contributed by atoms with Crippen molar-refractivity contribution in [3.8, 4) is 5.75 Å². The van der Waals surface area contributed by atoms with Gasteiger partial charge in [-0.15, -0.1) is 10.2 Å². The molecular formula is C13H14N4O2S. The minimum Gasteiger partial charge on any atom is -0.497 e. The standard InChI is InChI=1S/C13H14N4O2S/c1-3-11-16-17-12(19-11)7-20-13-14-9-5-4-8(18-2)6-10(9)15-13/h4-6H,3,7H2,1-2H3,(H,14,15). The number of fused-ring (bicyclic) bond motifs is 1. The third kappa shape index (κ3) is 2.62. The molecule has 0 fully saturated rings. The molecule has 0 spiro atoms. The van der Waals surface area contributed by atoms with Gasteiger partial charge in [0.1, 0.15) is 5.75 Å². The molecule has 0 unspecified atom stereocenters. The van der Waals surface area contributed by atoms with E-state index >= 15 is 0 Å². The summed E-state index contributed by atoms with van der Waals surface area (Å²) in [6.45, 7) is 1.98. The topological polar surface area (TPSA) is 76.8 Å². The van der Waals surface area contributed by atoms with Crippen molar-refractivity contribution in [2.45, 2.75) is 24.3 Å². The predicted molar refractivity (Wildman–Crippen MR) is 75.9 cm³/mol. The molecule has 3 aromatic rings. The van der Waals surface area contributed by atoms with Gasteiger partial charge in [0, 0.05) is 12.5 Å². The number of rotatable bonds is 5. The number of imidazole rings is 1. The molecule has 0 aliphatic heterocycles. The van der Waals surface area contributed by atoms with Gasteiger partial charge >= 0.3 is 0 Å². The van der Waals surface area contributed by atoms with E-state index in [-0.39, 0.29) is 0 Å². The second kappa shape index (κ2) is 5.54. The molecule has 2 heterocycles. The fraction of sp³-hybridized carbons (Fsp3) is 0.308. The summed E-state index contributed by atoms with van der Waals surface area (Å²) in [4.78, 5) is 7.74. The molecule has 3 rings (SSSR count). The number of hydrogen-bond acceptors (Lipinski definition) is 6. The zero-order valence-electron chi connectivity index (χ0n) is 11.2. The van der Waals surface area contributed by atoms with Gasteiger partial charge in [-0.05, 0) is 12.1 Å². The van der Waals surface area contributed by atoms with Crippen LogP contribution < -0.4 is 4.74 Å². The summed E-state index contributed by atoms with van der Waals surface area (Å²) in [5, 5.41) is 8.74.